The van der Waals surface area contributed by atoms with Crippen LogP contribution in [0.1, 0.15) is 31.2 Å². The zero-order valence-electron chi connectivity index (χ0n) is 19.2. The first kappa shape index (κ1) is 22.9. The molecule has 7 nitrogen and oxygen atoms in total. The van der Waals surface area contributed by atoms with E-state index in [9.17, 15) is 4.79 Å². The van der Waals surface area contributed by atoms with E-state index in [0.717, 1.165) is 29.4 Å². The van der Waals surface area contributed by atoms with E-state index in [1.807, 2.05) is 59.5 Å². The van der Waals surface area contributed by atoms with Crippen molar-refractivity contribution < 1.29 is 9.53 Å². The Balaban J connectivity index is 1.39. The fraction of sp³-hybridized carbons (Fsp3) is 0.346. The lowest BCUT2D eigenvalue weighted by atomic mass is 10.1. The van der Waals surface area contributed by atoms with E-state index in [0.29, 0.717) is 26.2 Å². The van der Waals surface area contributed by atoms with Crippen LogP contribution in [-0.2, 0) is 16.1 Å². The van der Waals surface area contributed by atoms with Crippen molar-refractivity contribution >= 4 is 17.5 Å². The molecule has 1 atom stereocenters. The average molecular weight is 446 g/mol. The molecule has 172 valence electrons. The van der Waals surface area contributed by atoms with Gasteiger partial charge in [0.15, 0.2) is 0 Å². The van der Waals surface area contributed by atoms with Crippen molar-refractivity contribution in [1.29, 1.82) is 0 Å². The van der Waals surface area contributed by atoms with E-state index in [-0.39, 0.29) is 18.1 Å². The second-order valence-corrected chi connectivity index (χ2v) is 8.48. The van der Waals surface area contributed by atoms with Gasteiger partial charge in [-0.2, -0.15) is 0 Å². The quantitative estimate of drug-likeness (QED) is 0.565. The van der Waals surface area contributed by atoms with Crippen LogP contribution in [0, 0.1) is 0 Å². The van der Waals surface area contributed by atoms with Gasteiger partial charge in [0.1, 0.15) is 17.7 Å². The molecule has 7 heteroatoms. The third-order valence-electron chi connectivity index (χ3n) is 5.67. The fourth-order valence-electron chi connectivity index (χ4n) is 3.91. The van der Waals surface area contributed by atoms with Gasteiger partial charge in [0, 0.05) is 31.9 Å². The highest BCUT2D eigenvalue weighted by atomic mass is 16.5. The molecule has 0 bridgehead atoms. The number of hydrogen-bond donors (Lipinski definition) is 1. The lowest BCUT2D eigenvalue weighted by molar-refractivity contribution is -0.136. The minimum Gasteiger partial charge on any atom is -0.369 e. The number of nitrogens with one attached hydrogen (secondary N) is 1. The Labute approximate surface area is 195 Å². The van der Waals surface area contributed by atoms with Crippen molar-refractivity contribution in [2.24, 2.45) is 0 Å². The number of benzene rings is 1. The summed E-state index contributed by atoms with van der Waals surface area (Å²) in [5.74, 6) is 1.59. The predicted molar refractivity (Wildman–Crippen MR) is 129 cm³/mol. The standard InChI is InChI=1S/C26H31N5O2/c1-20(2)31(17-21-9-4-3-5-10-21)26(32)19-30-15-16-33-23(18-30)22-11-8-13-25(28-22)29-24-12-6-7-14-27-24/h3-14,20,23H,15-19H2,1-2H3,(H,27,28,29)/t23-/m0/s1. The second-order valence-electron chi connectivity index (χ2n) is 8.48. The number of hydrogen-bond acceptors (Lipinski definition) is 6. The summed E-state index contributed by atoms with van der Waals surface area (Å²) >= 11 is 0. The molecule has 0 unspecified atom stereocenters. The molecular formula is C26H31N5O2. The maximum Gasteiger partial charge on any atom is 0.237 e. The van der Waals surface area contributed by atoms with Crippen LogP contribution in [0.25, 0.3) is 0 Å². The SMILES string of the molecule is CC(C)N(Cc1ccccc1)C(=O)CN1CCO[C@H](c2cccc(Nc3ccccn3)n2)C1. The maximum absolute atomic E-state index is 13.2. The number of amides is 1. The van der Waals surface area contributed by atoms with Gasteiger partial charge in [-0.1, -0.05) is 42.5 Å². The fourth-order valence-corrected chi connectivity index (χ4v) is 3.91. The Morgan fingerprint density at radius 3 is 2.64 bits per heavy atom. The molecule has 1 aliphatic rings. The summed E-state index contributed by atoms with van der Waals surface area (Å²) in [6, 6.07) is 21.8. The van der Waals surface area contributed by atoms with Gasteiger partial charge in [-0.25, -0.2) is 9.97 Å². The number of carbonyl (C=O) groups excluding carboxylic acids is 1. The zero-order valence-corrected chi connectivity index (χ0v) is 19.2. The number of morpholine rings is 1. The van der Waals surface area contributed by atoms with E-state index < -0.39 is 0 Å². The van der Waals surface area contributed by atoms with Gasteiger partial charge in [0.05, 0.1) is 18.8 Å². The topological polar surface area (TPSA) is 70.6 Å². The number of anilines is 2. The minimum absolute atomic E-state index is 0.130. The van der Waals surface area contributed by atoms with Crippen molar-refractivity contribution in [1.82, 2.24) is 19.8 Å². The molecule has 0 aliphatic carbocycles. The van der Waals surface area contributed by atoms with Crippen LogP contribution in [0.3, 0.4) is 0 Å². The van der Waals surface area contributed by atoms with Crippen LogP contribution < -0.4 is 5.32 Å². The summed E-state index contributed by atoms with van der Waals surface area (Å²) < 4.78 is 6.01. The van der Waals surface area contributed by atoms with Crippen LogP contribution in [0.4, 0.5) is 11.6 Å². The molecule has 0 spiro atoms. The molecule has 2 aromatic heterocycles. The molecule has 0 saturated carbocycles. The molecule has 1 fully saturated rings. The Morgan fingerprint density at radius 1 is 1.09 bits per heavy atom. The summed E-state index contributed by atoms with van der Waals surface area (Å²) in [6.07, 6.45) is 1.56. The predicted octanol–water partition coefficient (Wildman–Crippen LogP) is 4.03. The first-order chi connectivity index (χ1) is 16.1. The molecule has 3 heterocycles. The Hall–Kier alpha value is -3.29. The number of rotatable bonds is 8. The third-order valence-corrected chi connectivity index (χ3v) is 5.67. The zero-order chi connectivity index (χ0) is 23.0. The molecule has 3 aromatic rings. The second kappa shape index (κ2) is 11.0. The van der Waals surface area contributed by atoms with Gasteiger partial charge in [0.25, 0.3) is 0 Å². The van der Waals surface area contributed by atoms with Crippen molar-refractivity contribution in [3.63, 3.8) is 0 Å². The van der Waals surface area contributed by atoms with E-state index in [2.05, 4.69) is 41.2 Å². The van der Waals surface area contributed by atoms with Gasteiger partial charge in [-0.15, -0.1) is 0 Å². The largest absolute Gasteiger partial charge is 0.369 e. The monoisotopic (exact) mass is 445 g/mol. The van der Waals surface area contributed by atoms with Gasteiger partial charge >= 0.3 is 0 Å². The maximum atomic E-state index is 13.2. The molecule has 4 rings (SSSR count). The van der Waals surface area contributed by atoms with Crippen molar-refractivity contribution in [3.8, 4) is 0 Å². The molecule has 1 aliphatic heterocycles. The third kappa shape index (κ3) is 6.37. The van der Waals surface area contributed by atoms with Crippen LogP contribution in [-0.4, -0.2) is 58.0 Å². The van der Waals surface area contributed by atoms with E-state index >= 15 is 0 Å². The van der Waals surface area contributed by atoms with Crippen LogP contribution in [0.15, 0.2) is 72.9 Å². The molecule has 1 amide bonds. The van der Waals surface area contributed by atoms with Gasteiger partial charge in [-0.3, -0.25) is 9.69 Å². The highest BCUT2D eigenvalue weighted by molar-refractivity contribution is 5.78. The van der Waals surface area contributed by atoms with Crippen LogP contribution in [0.2, 0.25) is 0 Å². The number of carbonyl (C=O) groups is 1. The highest BCUT2D eigenvalue weighted by Crippen LogP contribution is 2.23. The smallest absolute Gasteiger partial charge is 0.237 e. The molecule has 0 radical (unpaired) electrons. The van der Waals surface area contributed by atoms with Crippen molar-refractivity contribution in [2.75, 3.05) is 31.6 Å². The molecule has 1 aromatic carbocycles. The molecule has 1 saturated heterocycles. The molecule has 33 heavy (non-hydrogen) atoms. The van der Waals surface area contributed by atoms with Gasteiger partial charge in [0.2, 0.25) is 5.91 Å². The summed E-state index contributed by atoms with van der Waals surface area (Å²) in [5.41, 5.74) is 1.99. The number of aromatic nitrogens is 2. The van der Waals surface area contributed by atoms with E-state index in [1.54, 1.807) is 6.20 Å². The lowest BCUT2D eigenvalue weighted by Gasteiger charge is -2.35. The van der Waals surface area contributed by atoms with Crippen molar-refractivity contribution in [2.45, 2.75) is 32.5 Å². The first-order valence-corrected chi connectivity index (χ1v) is 11.4. The van der Waals surface area contributed by atoms with E-state index in [1.165, 1.54) is 0 Å². The minimum atomic E-state index is -0.182. The molecule has 1 N–H and O–H groups in total. The van der Waals surface area contributed by atoms with Crippen LogP contribution in [0.5, 0.6) is 0 Å². The van der Waals surface area contributed by atoms with Crippen molar-refractivity contribution in [3.05, 3.63) is 84.2 Å². The summed E-state index contributed by atoms with van der Waals surface area (Å²) in [5, 5.41) is 3.23. The van der Waals surface area contributed by atoms with E-state index in [4.69, 9.17) is 9.72 Å². The van der Waals surface area contributed by atoms with Crippen LogP contribution >= 0.6 is 0 Å². The number of nitrogens with zero attached hydrogens (tertiary/aromatic N) is 4. The highest BCUT2D eigenvalue weighted by Gasteiger charge is 2.27. The average Bonchev–Trinajstić information content (AvgIpc) is 2.84. The summed E-state index contributed by atoms with van der Waals surface area (Å²) in [6.45, 7) is 7.04. The summed E-state index contributed by atoms with van der Waals surface area (Å²) in [7, 11) is 0. The number of pyridine rings is 2. The van der Waals surface area contributed by atoms with Gasteiger partial charge < -0.3 is 15.0 Å². The summed E-state index contributed by atoms with van der Waals surface area (Å²) in [4.78, 5) is 26.3. The van der Waals surface area contributed by atoms with Gasteiger partial charge in [-0.05, 0) is 43.7 Å². The first-order valence-electron chi connectivity index (χ1n) is 11.4. The lowest BCUT2D eigenvalue weighted by Crippen LogP contribution is -2.47. The normalized spacial score (nSPS) is 16.5. The number of ether oxygens (including phenoxy) is 1. The Morgan fingerprint density at radius 2 is 1.88 bits per heavy atom. The Kier molecular flexibility index (Phi) is 7.65. The Bertz CT molecular complexity index is 1030. The molecular weight excluding hydrogens is 414 g/mol.